The van der Waals surface area contributed by atoms with Gasteiger partial charge in [-0.3, -0.25) is 9.59 Å². The molecule has 1 saturated carbocycles. The highest BCUT2D eigenvalue weighted by Crippen LogP contribution is 2.49. The lowest BCUT2D eigenvalue weighted by Gasteiger charge is -2.24. The van der Waals surface area contributed by atoms with Crippen molar-refractivity contribution in [3.63, 3.8) is 0 Å². The van der Waals surface area contributed by atoms with Crippen LogP contribution in [0.3, 0.4) is 0 Å². The van der Waals surface area contributed by atoms with E-state index in [1.165, 1.54) is 4.90 Å². The van der Waals surface area contributed by atoms with Crippen LogP contribution in [0.5, 0.6) is 0 Å². The van der Waals surface area contributed by atoms with E-state index in [2.05, 4.69) is 5.32 Å². The van der Waals surface area contributed by atoms with Crippen molar-refractivity contribution in [1.29, 1.82) is 0 Å². The first kappa shape index (κ1) is 14.6. The summed E-state index contributed by atoms with van der Waals surface area (Å²) in [6.07, 6.45) is 1.73. The number of carbonyl (C=O) groups excluding carboxylic acids is 2. The van der Waals surface area contributed by atoms with Gasteiger partial charge in [-0.2, -0.15) is 0 Å². The highest BCUT2D eigenvalue weighted by Gasteiger charge is 2.52. The molecule has 0 heterocycles. The third kappa shape index (κ3) is 3.00. The van der Waals surface area contributed by atoms with Gasteiger partial charge in [0.25, 0.3) is 0 Å². The molecule has 0 atom stereocenters. The SMILES string of the molecule is CC(C)NC(=O)CN(C)C(=O)C1(c2ccccc2)CC1. The van der Waals surface area contributed by atoms with Crippen LogP contribution >= 0.6 is 0 Å². The molecule has 1 aromatic carbocycles. The largest absolute Gasteiger partial charge is 0.352 e. The second-order valence-corrected chi connectivity index (χ2v) is 5.83. The molecule has 1 aliphatic carbocycles. The maximum absolute atomic E-state index is 12.6. The zero-order chi connectivity index (χ0) is 14.8. The number of carbonyl (C=O) groups is 2. The number of nitrogens with one attached hydrogen (secondary N) is 1. The predicted octanol–water partition coefficient (Wildman–Crippen LogP) is 1.70. The van der Waals surface area contributed by atoms with E-state index in [9.17, 15) is 9.59 Å². The van der Waals surface area contributed by atoms with Crippen molar-refractivity contribution < 1.29 is 9.59 Å². The monoisotopic (exact) mass is 274 g/mol. The Morgan fingerprint density at radius 3 is 2.35 bits per heavy atom. The van der Waals surface area contributed by atoms with Gasteiger partial charge in [0.05, 0.1) is 12.0 Å². The van der Waals surface area contributed by atoms with Gasteiger partial charge in [0.15, 0.2) is 0 Å². The molecule has 2 rings (SSSR count). The van der Waals surface area contributed by atoms with E-state index in [-0.39, 0.29) is 24.4 Å². The van der Waals surface area contributed by atoms with E-state index < -0.39 is 5.41 Å². The molecule has 4 heteroatoms. The van der Waals surface area contributed by atoms with Crippen molar-refractivity contribution in [2.75, 3.05) is 13.6 Å². The fraction of sp³-hybridized carbons (Fsp3) is 0.500. The van der Waals surface area contributed by atoms with E-state index in [1.807, 2.05) is 44.2 Å². The zero-order valence-electron chi connectivity index (χ0n) is 12.3. The average Bonchev–Trinajstić information content (AvgIpc) is 3.19. The minimum atomic E-state index is -0.395. The maximum Gasteiger partial charge on any atom is 0.239 e. The summed E-state index contributed by atoms with van der Waals surface area (Å²) < 4.78 is 0. The van der Waals surface area contributed by atoms with Crippen molar-refractivity contribution in [1.82, 2.24) is 10.2 Å². The minimum Gasteiger partial charge on any atom is -0.352 e. The molecule has 0 bridgehead atoms. The number of hydrogen-bond donors (Lipinski definition) is 1. The van der Waals surface area contributed by atoms with E-state index in [0.29, 0.717) is 0 Å². The summed E-state index contributed by atoms with van der Waals surface area (Å²) in [7, 11) is 1.70. The number of rotatable bonds is 5. The van der Waals surface area contributed by atoms with Gasteiger partial charge >= 0.3 is 0 Å². The summed E-state index contributed by atoms with van der Waals surface area (Å²) in [5.74, 6) is -0.0673. The zero-order valence-corrected chi connectivity index (χ0v) is 12.3. The Balaban J connectivity index is 2.02. The van der Waals surface area contributed by atoms with Gasteiger partial charge in [-0.15, -0.1) is 0 Å². The maximum atomic E-state index is 12.6. The van der Waals surface area contributed by atoms with Crippen LogP contribution in [-0.2, 0) is 15.0 Å². The number of likely N-dealkylation sites (N-methyl/N-ethyl adjacent to an activating group) is 1. The molecule has 0 radical (unpaired) electrons. The van der Waals surface area contributed by atoms with Gasteiger partial charge < -0.3 is 10.2 Å². The van der Waals surface area contributed by atoms with Crippen molar-refractivity contribution in [3.05, 3.63) is 35.9 Å². The molecule has 108 valence electrons. The molecule has 0 aliphatic heterocycles. The summed E-state index contributed by atoms with van der Waals surface area (Å²) in [5.41, 5.74) is 0.662. The van der Waals surface area contributed by atoms with Crippen LogP contribution in [0, 0.1) is 0 Å². The van der Waals surface area contributed by atoms with Crippen molar-refractivity contribution in [3.8, 4) is 0 Å². The number of nitrogens with zero attached hydrogens (tertiary/aromatic N) is 1. The van der Waals surface area contributed by atoms with Crippen LogP contribution in [0.25, 0.3) is 0 Å². The van der Waals surface area contributed by atoms with Gasteiger partial charge in [-0.05, 0) is 32.3 Å². The Hall–Kier alpha value is -1.84. The van der Waals surface area contributed by atoms with Gasteiger partial charge in [-0.1, -0.05) is 30.3 Å². The van der Waals surface area contributed by atoms with Gasteiger partial charge in [0.1, 0.15) is 0 Å². The van der Waals surface area contributed by atoms with Crippen LogP contribution in [0.15, 0.2) is 30.3 Å². The minimum absolute atomic E-state index is 0.0441. The molecule has 20 heavy (non-hydrogen) atoms. The molecular formula is C16H22N2O2. The molecule has 0 unspecified atom stereocenters. The second-order valence-electron chi connectivity index (χ2n) is 5.83. The first-order chi connectivity index (χ1) is 9.45. The summed E-state index contributed by atoms with van der Waals surface area (Å²) in [5, 5.41) is 2.81. The lowest BCUT2D eigenvalue weighted by atomic mass is 9.94. The fourth-order valence-electron chi connectivity index (χ4n) is 2.53. The standard InChI is InChI=1S/C16H22N2O2/c1-12(2)17-14(19)11-18(3)15(20)16(9-10-16)13-7-5-4-6-8-13/h4-8,12H,9-11H2,1-3H3,(H,17,19). The third-order valence-corrected chi connectivity index (χ3v) is 3.66. The van der Waals surface area contributed by atoms with Crippen LogP contribution in [0.2, 0.25) is 0 Å². The Morgan fingerprint density at radius 1 is 1.25 bits per heavy atom. The van der Waals surface area contributed by atoms with E-state index in [0.717, 1.165) is 18.4 Å². The van der Waals surface area contributed by atoms with Crippen LogP contribution < -0.4 is 5.32 Å². The van der Waals surface area contributed by atoms with Crippen molar-refractivity contribution >= 4 is 11.8 Å². The lowest BCUT2D eigenvalue weighted by Crippen LogP contribution is -2.44. The summed E-state index contributed by atoms with van der Waals surface area (Å²) in [4.78, 5) is 25.9. The number of amides is 2. The highest BCUT2D eigenvalue weighted by atomic mass is 16.2. The Morgan fingerprint density at radius 2 is 1.85 bits per heavy atom. The van der Waals surface area contributed by atoms with Crippen molar-refractivity contribution in [2.24, 2.45) is 0 Å². The molecule has 4 nitrogen and oxygen atoms in total. The summed E-state index contributed by atoms with van der Waals surface area (Å²) >= 11 is 0. The van der Waals surface area contributed by atoms with E-state index in [4.69, 9.17) is 0 Å². The molecule has 1 aromatic rings. The first-order valence-electron chi connectivity index (χ1n) is 7.06. The number of benzene rings is 1. The normalized spacial score (nSPS) is 15.8. The lowest BCUT2D eigenvalue weighted by molar-refractivity contribution is -0.137. The van der Waals surface area contributed by atoms with Gasteiger partial charge in [0, 0.05) is 13.1 Å². The van der Waals surface area contributed by atoms with Crippen LogP contribution in [0.4, 0.5) is 0 Å². The molecule has 0 saturated heterocycles. The highest BCUT2D eigenvalue weighted by molar-refractivity contribution is 5.93. The molecule has 1 aliphatic rings. The van der Waals surface area contributed by atoms with E-state index >= 15 is 0 Å². The molecule has 0 aromatic heterocycles. The summed E-state index contributed by atoms with van der Waals surface area (Å²) in [6.45, 7) is 3.93. The van der Waals surface area contributed by atoms with Gasteiger partial charge in [0.2, 0.25) is 11.8 Å². The Kier molecular flexibility index (Phi) is 4.12. The summed E-state index contributed by atoms with van der Waals surface area (Å²) in [6, 6.07) is 9.93. The van der Waals surface area contributed by atoms with Crippen molar-refractivity contribution in [2.45, 2.75) is 38.1 Å². The molecule has 1 N–H and O–H groups in total. The smallest absolute Gasteiger partial charge is 0.239 e. The second kappa shape index (κ2) is 5.65. The van der Waals surface area contributed by atoms with E-state index in [1.54, 1.807) is 7.05 Å². The topological polar surface area (TPSA) is 49.4 Å². The molecular weight excluding hydrogens is 252 g/mol. The predicted molar refractivity (Wildman–Crippen MR) is 78.3 cm³/mol. The quantitative estimate of drug-likeness (QED) is 0.888. The molecule has 2 amide bonds. The first-order valence-corrected chi connectivity index (χ1v) is 7.06. The van der Waals surface area contributed by atoms with Crippen LogP contribution in [0.1, 0.15) is 32.3 Å². The fourth-order valence-corrected chi connectivity index (χ4v) is 2.53. The Labute approximate surface area is 120 Å². The third-order valence-electron chi connectivity index (χ3n) is 3.66. The number of hydrogen-bond acceptors (Lipinski definition) is 2. The molecule has 0 spiro atoms. The van der Waals surface area contributed by atoms with Crippen LogP contribution in [-0.4, -0.2) is 36.3 Å². The Bertz CT molecular complexity index is 492. The molecule has 1 fully saturated rings. The van der Waals surface area contributed by atoms with Gasteiger partial charge in [-0.25, -0.2) is 0 Å². The average molecular weight is 274 g/mol.